The molecule has 3 aromatic rings. The van der Waals surface area contributed by atoms with Crippen LogP contribution >= 0.6 is 0 Å². The van der Waals surface area contributed by atoms with Gasteiger partial charge in [-0.2, -0.15) is 13.2 Å². The fourth-order valence-electron chi connectivity index (χ4n) is 3.61. The van der Waals surface area contributed by atoms with Crippen LogP contribution in [0.25, 0.3) is 5.65 Å². The summed E-state index contributed by atoms with van der Waals surface area (Å²) in [7, 11) is 0. The van der Waals surface area contributed by atoms with Crippen LogP contribution in [0.5, 0.6) is 0 Å². The first-order valence-corrected chi connectivity index (χ1v) is 9.40. The van der Waals surface area contributed by atoms with E-state index in [-0.39, 0.29) is 18.4 Å². The summed E-state index contributed by atoms with van der Waals surface area (Å²) in [5.74, 6) is 0.266. The number of nitrogens with one attached hydrogen (secondary N) is 1. The Bertz CT molecular complexity index is 1020. The molecule has 152 valence electrons. The number of rotatable bonds is 4. The van der Waals surface area contributed by atoms with Crippen molar-refractivity contribution in [3.8, 4) is 0 Å². The Labute approximate surface area is 165 Å². The third-order valence-corrected chi connectivity index (χ3v) is 5.09. The number of hydrogen-bond acceptors (Lipinski definition) is 4. The standard InChI is InChI=1S/C20H20F3N5O/c21-20(22,23)16-7-3-5-14(11-16)12-24-18(29)15-6-4-9-27(13-15)19-26-25-17-8-1-2-10-28(17)19/h1-3,5,7-8,10-11,15H,4,6,9,12-13H2,(H,24,29)/t15-/m1/s1. The molecule has 1 saturated heterocycles. The van der Waals surface area contributed by atoms with E-state index in [1.54, 1.807) is 6.07 Å². The number of fused-ring (bicyclic) bond motifs is 1. The second kappa shape index (κ2) is 7.73. The van der Waals surface area contributed by atoms with Gasteiger partial charge in [0.05, 0.1) is 11.5 Å². The molecule has 0 spiro atoms. The Morgan fingerprint density at radius 3 is 2.86 bits per heavy atom. The van der Waals surface area contributed by atoms with Crippen LogP contribution in [0.4, 0.5) is 19.1 Å². The predicted octanol–water partition coefficient (Wildman–Crippen LogP) is 3.28. The van der Waals surface area contributed by atoms with Crippen molar-refractivity contribution < 1.29 is 18.0 Å². The summed E-state index contributed by atoms with van der Waals surface area (Å²) in [4.78, 5) is 14.7. The van der Waals surface area contributed by atoms with E-state index in [2.05, 4.69) is 15.5 Å². The first-order valence-electron chi connectivity index (χ1n) is 9.40. The minimum atomic E-state index is -4.40. The van der Waals surface area contributed by atoms with Gasteiger partial charge in [0.25, 0.3) is 0 Å². The van der Waals surface area contributed by atoms with Gasteiger partial charge in [0, 0.05) is 25.8 Å². The third kappa shape index (κ3) is 4.18. The molecule has 1 aliphatic rings. The number of halogens is 3. The Morgan fingerprint density at radius 1 is 1.17 bits per heavy atom. The van der Waals surface area contributed by atoms with Crippen molar-refractivity contribution in [3.63, 3.8) is 0 Å². The van der Waals surface area contributed by atoms with E-state index in [1.807, 2.05) is 33.7 Å². The number of piperidine rings is 1. The molecule has 0 unspecified atom stereocenters. The summed E-state index contributed by atoms with van der Waals surface area (Å²) in [5.41, 5.74) is 0.440. The maximum absolute atomic E-state index is 12.8. The third-order valence-electron chi connectivity index (χ3n) is 5.09. The van der Waals surface area contributed by atoms with Crippen molar-refractivity contribution in [2.45, 2.75) is 25.6 Å². The van der Waals surface area contributed by atoms with Crippen LogP contribution in [0.3, 0.4) is 0 Å². The molecule has 9 heteroatoms. The van der Waals surface area contributed by atoms with Crippen molar-refractivity contribution in [2.24, 2.45) is 5.92 Å². The van der Waals surface area contributed by atoms with Gasteiger partial charge in [0.1, 0.15) is 0 Å². The van der Waals surface area contributed by atoms with Gasteiger partial charge in [-0.15, -0.1) is 10.2 Å². The van der Waals surface area contributed by atoms with Crippen LogP contribution in [-0.2, 0) is 17.5 Å². The zero-order valence-electron chi connectivity index (χ0n) is 15.6. The summed E-state index contributed by atoms with van der Waals surface area (Å²) in [6.07, 6.45) is -0.974. The number of benzene rings is 1. The van der Waals surface area contributed by atoms with Gasteiger partial charge in [-0.3, -0.25) is 9.20 Å². The smallest absolute Gasteiger partial charge is 0.352 e. The predicted molar refractivity (Wildman–Crippen MR) is 101 cm³/mol. The molecule has 1 fully saturated rings. The summed E-state index contributed by atoms with van der Waals surface area (Å²) >= 11 is 0. The van der Waals surface area contributed by atoms with E-state index in [0.29, 0.717) is 18.1 Å². The highest BCUT2D eigenvalue weighted by molar-refractivity contribution is 5.79. The zero-order valence-corrected chi connectivity index (χ0v) is 15.6. The molecule has 29 heavy (non-hydrogen) atoms. The molecule has 1 amide bonds. The molecule has 1 aromatic carbocycles. The minimum absolute atomic E-state index is 0.0626. The fraction of sp³-hybridized carbons (Fsp3) is 0.350. The molecule has 2 aromatic heterocycles. The monoisotopic (exact) mass is 403 g/mol. The molecular weight excluding hydrogens is 383 g/mol. The normalized spacial score (nSPS) is 17.5. The van der Waals surface area contributed by atoms with Crippen LogP contribution in [0.1, 0.15) is 24.0 Å². The lowest BCUT2D eigenvalue weighted by molar-refractivity contribution is -0.137. The van der Waals surface area contributed by atoms with Crippen LogP contribution < -0.4 is 10.2 Å². The number of hydrogen-bond donors (Lipinski definition) is 1. The molecule has 4 rings (SSSR count). The van der Waals surface area contributed by atoms with Crippen molar-refractivity contribution >= 4 is 17.5 Å². The number of anilines is 1. The Hall–Kier alpha value is -3.10. The second-order valence-electron chi connectivity index (χ2n) is 7.13. The molecule has 1 atom stereocenters. The van der Waals surface area contributed by atoms with E-state index in [0.717, 1.165) is 37.2 Å². The average Bonchev–Trinajstić information content (AvgIpc) is 3.16. The number of alkyl halides is 3. The van der Waals surface area contributed by atoms with Crippen LogP contribution in [-0.4, -0.2) is 33.6 Å². The first-order chi connectivity index (χ1) is 13.9. The lowest BCUT2D eigenvalue weighted by atomic mass is 9.97. The Balaban J connectivity index is 1.40. The van der Waals surface area contributed by atoms with Crippen molar-refractivity contribution in [1.29, 1.82) is 0 Å². The maximum Gasteiger partial charge on any atom is 0.416 e. The lowest BCUT2D eigenvalue weighted by Crippen LogP contribution is -2.43. The fourth-order valence-corrected chi connectivity index (χ4v) is 3.61. The van der Waals surface area contributed by atoms with E-state index in [1.165, 1.54) is 6.07 Å². The first kappa shape index (κ1) is 19.2. The Morgan fingerprint density at radius 2 is 2.03 bits per heavy atom. The highest BCUT2D eigenvalue weighted by Gasteiger charge is 2.31. The van der Waals surface area contributed by atoms with Crippen molar-refractivity contribution in [2.75, 3.05) is 18.0 Å². The number of carbonyl (C=O) groups is 1. The molecule has 0 saturated carbocycles. The summed E-state index contributed by atoms with van der Waals surface area (Å²) in [6, 6.07) is 10.6. The van der Waals surface area contributed by atoms with E-state index in [9.17, 15) is 18.0 Å². The van der Waals surface area contributed by atoms with E-state index < -0.39 is 11.7 Å². The number of aromatic nitrogens is 3. The largest absolute Gasteiger partial charge is 0.416 e. The second-order valence-corrected chi connectivity index (χ2v) is 7.13. The van der Waals surface area contributed by atoms with Gasteiger partial charge in [-0.1, -0.05) is 18.2 Å². The van der Waals surface area contributed by atoms with Gasteiger partial charge < -0.3 is 10.2 Å². The van der Waals surface area contributed by atoms with Gasteiger partial charge in [-0.05, 0) is 42.7 Å². The Kier molecular flexibility index (Phi) is 5.12. The molecule has 0 radical (unpaired) electrons. The zero-order chi connectivity index (χ0) is 20.4. The quantitative estimate of drug-likeness (QED) is 0.726. The van der Waals surface area contributed by atoms with Crippen LogP contribution in [0, 0.1) is 5.92 Å². The maximum atomic E-state index is 12.8. The topological polar surface area (TPSA) is 62.5 Å². The highest BCUT2D eigenvalue weighted by atomic mass is 19.4. The molecule has 0 aliphatic carbocycles. The molecule has 0 bridgehead atoms. The lowest BCUT2D eigenvalue weighted by Gasteiger charge is -2.32. The molecule has 1 N–H and O–H groups in total. The van der Waals surface area contributed by atoms with Gasteiger partial charge in [0.2, 0.25) is 11.9 Å². The van der Waals surface area contributed by atoms with Gasteiger partial charge in [0.15, 0.2) is 5.65 Å². The van der Waals surface area contributed by atoms with Gasteiger partial charge >= 0.3 is 6.18 Å². The van der Waals surface area contributed by atoms with Crippen molar-refractivity contribution in [1.82, 2.24) is 19.9 Å². The summed E-state index contributed by atoms with van der Waals surface area (Å²) in [5, 5.41) is 11.2. The van der Waals surface area contributed by atoms with Crippen LogP contribution in [0.2, 0.25) is 0 Å². The number of nitrogens with zero attached hydrogens (tertiary/aromatic N) is 4. The number of amides is 1. The molecule has 3 heterocycles. The molecular formula is C20H20F3N5O. The minimum Gasteiger partial charge on any atom is -0.352 e. The van der Waals surface area contributed by atoms with Crippen LogP contribution in [0.15, 0.2) is 48.7 Å². The van der Waals surface area contributed by atoms with E-state index >= 15 is 0 Å². The van der Waals surface area contributed by atoms with Gasteiger partial charge in [-0.25, -0.2) is 0 Å². The molecule has 1 aliphatic heterocycles. The SMILES string of the molecule is O=C(NCc1cccc(C(F)(F)F)c1)[C@@H]1CCCN(c2nnc3ccccn23)C1. The molecule has 6 nitrogen and oxygen atoms in total. The summed E-state index contributed by atoms with van der Waals surface area (Å²) in [6.45, 7) is 1.32. The van der Waals surface area contributed by atoms with E-state index in [4.69, 9.17) is 0 Å². The van der Waals surface area contributed by atoms with Crippen molar-refractivity contribution in [3.05, 3.63) is 59.8 Å². The summed E-state index contributed by atoms with van der Waals surface area (Å²) < 4.78 is 40.4. The average molecular weight is 403 g/mol. The number of carbonyl (C=O) groups excluding carboxylic acids is 1. The highest BCUT2D eigenvalue weighted by Crippen LogP contribution is 2.29. The number of pyridine rings is 1.